The van der Waals surface area contributed by atoms with Gasteiger partial charge in [-0.15, -0.1) is 0 Å². The molecular weight excluding hydrogens is 176 g/mol. The average molecular weight is 192 g/mol. The zero-order valence-electron chi connectivity index (χ0n) is 8.92. The van der Waals surface area contributed by atoms with E-state index in [9.17, 15) is 9.90 Å². The molecule has 0 saturated heterocycles. The minimum Gasteiger partial charge on any atom is -0.507 e. The maximum absolute atomic E-state index is 11.6. The first-order valence-electron chi connectivity index (χ1n) is 4.90. The molecule has 0 aromatic heterocycles. The molecule has 0 fully saturated rings. The molecule has 14 heavy (non-hydrogen) atoms. The summed E-state index contributed by atoms with van der Waals surface area (Å²) < 4.78 is 0. The summed E-state index contributed by atoms with van der Waals surface area (Å²) in [5, 5.41) is 9.75. The topological polar surface area (TPSA) is 37.3 Å². The van der Waals surface area contributed by atoms with Crippen molar-refractivity contribution in [3.63, 3.8) is 0 Å². The molecule has 0 radical (unpaired) electrons. The lowest BCUT2D eigenvalue weighted by molar-refractivity contribution is 0.0979. The zero-order valence-corrected chi connectivity index (χ0v) is 8.92. The van der Waals surface area contributed by atoms with Gasteiger partial charge in [-0.3, -0.25) is 4.79 Å². The predicted octanol–water partition coefficient (Wildman–Crippen LogP) is 2.99. The van der Waals surface area contributed by atoms with Crippen LogP contribution in [0.5, 0.6) is 5.75 Å². The Kier molecular flexibility index (Phi) is 3.28. The standard InChI is InChI=1S/C12H16O2/c1-4-5-11(13)10-7-6-8(2)9(3)12(10)14/h6-7,14H,4-5H2,1-3H3. The fourth-order valence-electron chi connectivity index (χ4n) is 1.39. The van der Waals surface area contributed by atoms with E-state index in [1.807, 2.05) is 26.8 Å². The molecule has 0 aliphatic carbocycles. The van der Waals surface area contributed by atoms with Gasteiger partial charge in [0, 0.05) is 6.42 Å². The fraction of sp³-hybridized carbons (Fsp3) is 0.417. The van der Waals surface area contributed by atoms with Crippen LogP contribution in [-0.2, 0) is 0 Å². The van der Waals surface area contributed by atoms with Crippen LogP contribution in [0.4, 0.5) is 0 Å². The van der Waals surface area contributed by atoms with Crippen molar-refractivity contribution < 1.29 is 9.90 Å². The molecule has 0 aliphatic rings. The van der Waals surface area contributed by atoms with Gasteiger partial charge >= 0.3 is 0 Å². The van der Waals surface area contributed by atoms with Gasteiger partial charge in [0.15, 0.2) is 5.78 Å². The Bertz CT molecular complexity index is 354. The van der Waals surface area contributed by atoms with Crippen LogP contribution in [0.1, 0.15) is 41.3 Å². The summed E-state index contributed by atoms with van der Waals surface area (Å²) in [5.74, 6) is 0.163. The van der Waals surface area contributed by atoms with Crippen molar-refractivity contribution in [3.8, 4) is 5.75 Å². The Balaban J connectivity index is 3.11. The largest absolute Gasteiger partial charge is 0.507 e. The lowest BCUT2D eigenvalue weighted by Crippen LogP contribution is -2.00. The van der Waals surface area contributed by atoms with Gasteiger partial charge in [0.25, 0.3) is 0 Å². The lowest BCUT2D eigenvalue weighted by Gasteiger charge is -2.07. The monoisotopic (exact) mass is 192 g/mol. The number of hydrogen-bond acceptors (Lipinski definition) is 2. The van der Waals surface area contributed by atoms with Crippen molar-refractivity contribution in [2.75, 3.05) is 0 Å². The second-order valence-corrected chi connectivity index (χ2v) is 3.58. The van der Waals surface area contributed by atoms with Gasteiger partial charge in [0.05, 0.1) is 5.56 Å². The summed E-state index contributed by atoms with van der Waals surface area (Å²) in [6.45, 7) is 5.70. The van der Waals surface area contributed by atoms with E-state index in [2.05, 4.69) is 0 Å². The zero-order chi connectivity index (χ0) is 10.7. The minimum atomic E-state index is 0.0214. The molecular formula is C12H16O2. The number of rotatable bonds is 3. The summed E-state index contributed by atoms with van der Waals surface area (Å²) in [6.07, 6.45) is 1.31. The van der Waals surface area contributed by atoms with Gasteiger partial charge in [-0.2, -0.15) is 0 Å². The van der Waals surface area contributed by atoms with Crippen molar-refractivity contribution in [3.05, 3.63) is 28.8 Å². The number of hydrogen-bond donors (Lipinski definition) is 1. The van der Waals surface area contributed by atoms with Crippen LogP contribution in [-0.4, -0.2) is 10.9 Å². The molecule has 2 nitrogen and oxygen atoms in total. The maximum atomic E-state index is 11.6. The van der Waals surface area contributed by atoms with Gasteiger partial charge < -0.3 is 5.11 Å². The number of carbonyl (C=O) groups excluding carboxylic acids is 1. The summed E-state index contributed by atoms with van der Waals surface area (Å²) in [4.78, 5) is 11.6. The lowest BCUT2D eigenvalue weighted by atomic mass is 10.00. The number of aryl methyl sites for hydroxylation is 1. The smallest absolute Gasteiger partial charge is 0.166 e. The van der Waals surface area contributed by atoms with Crippen LogP contribution >= 0.6 is 0 Å². The minimum absolute atomic E-state index is 0.0214. The SMILES string of the molecule is CCCC(=O)c1ccc(C)c(C)c1O. The van der Waals surface area contributed by atoms with Crippen molar-refractivity contribution in [1.82, 2.24) is 0 Å². The molecule has 0 bridgehead atoms. The van der Waals surface area contributed by atoms with Crippen LogP contribution in [0.15, 0.2) is 12.1 Å². The van der Waals surface area contributed by atoms with E-state index in [1.54, 1.807) is 6.07 Å². The summed E-state index contributed by atoms with van der Waals surface area (Å²) in [7, 11) is 0. The molecule has 0 heterocycles. The number of phenols is 1. The number of ketones is 1. The normalized spacial score (nSPS) is 10.2. The Morgan fingerprint density at radius 1 is 1.36 bits per heavy atom. The number of Topliss-reactive ketones (excluding diaryl/α,β-unsaturated/α-hetero) is 1. The van der Waals surface area contributed by atoms with Gasteiger partial charge in [0.2, 0.25) is 0 Å². The number of phenolic OH excluding ortho intramolecular Hbond substituents is 1. The highest BCUT2D eigenvalue weighted by atomic mass is 16.3. The highest BCUT2D eigenvalue weighted by Crippen LogP contribution is 2.25. The second-order valence-electron chi connectivity index (χ2n) is 3.58. The molecule has 0 unspecified atom stereocenters. The third kappa shape index (κ3) is 1.95. The maximum Gasteiger partial charge on any atom is 0.166 e. The van der Waals surface area contributed by atoms with Gasteiger partial charge in [-0.25, -0.2) is 0 Å². The first-order chi connectivity index (χ1) is 6.57. The average Bonchev–Trinajstić information content (AvgIpc) is 2.15. The third-order valence-corrected chi connectivity index (χ3v) is 2.48. The number of carbonyl (C=O) groups is 1. The molecule has 2 heteroatoms. The van der Waals surface area contributed by atoms with E-state index in [0.29, 0.717) is 12.0 Å². The van der Waals surface area contributed by atoms with Gasteiger partial charge in [-0.05, 0) is 37.5 Å². The molecule has 1 N–H and O–H groups in total. The Morgan fingerprint density at radius 3 is 2.57 bits per heavy atom. The van der Waals surface area contributed by atoms with Crippen LogP contribution in [0.2, 0.25) is 0 Å². The van der Waals surface area contributed by atoms with E-state index in [0.717, 1.165) is 17.5 Å². The molecule has 1 aromatic carbocycles. The first-order valence-corrected chi connectivity index (χ1v) is 4.90. The first kappa shape index (κ1) is 10.8. The summed E-state index contributed by atoms with van der Waals surface area (Å²) >= 11 is 0. The van der Waals surface area contributed by atoms with Gasteiger partial charge in [0.1, 0.15) is 5.75 Å². The van der Waals surface area contributed by atoms with E-state index < -0.39 is 0 Å². The third-order valence-electron chi connectivity index (χ3n) is 2.48. The highest BCUT2D eigenvalue weighted by Gasteiger charge is 2.12. The fourth-order valence-corrected chi connectivity index (χ4v) is 1.39. The van der Waals surface area contributed by atoms with Crippen LogP contribution < -0.4 is 0 Å². The molecule has 0 saturated carbocycles. The Morgan fingerprint density at radius 2 is 2.00 bits per heavy atom. The van der Waals surface area contributed by atoms with E-state index >= 15 is 0 Å². The Labute approximate surface area is 84.6 Å². The molecule has 1 rings (SSSR count). The second kappa shape index (κ2) is 4.27. The van der Waals surface area contributed by atoms with Crippen LogP contribution in [0.3, 0.4) is 0 Å². The van der Waals surface area contributed by atoms with E-state index in [4.69, 9.17) is 0 Å². The van der Waals surface area contributed by atoms with Crippen LogP contribution in [0.25, 0.3) is 0 Å². The predicted molar refractivity (Wildman–Crippen MR) is 56.8 cm³/mol. The Hall–Kier alpha value is -1.31. The van der Waals surface area contributed by atoms with Crippen molar-refractivity contribution in [2.45, 2.75) is 33.6 Å². The van der Waals surface area contributed by atoms with E-state index in [1.165, 1.54) is 0 Å². The van der Waals surface area contributed by atoms with Gasteiger partial charge in [-0.1, -0.05) is 13.0 Å². The quantitative estimate of drug-likeness (QED) is 0.747. The van der Waals surface area contributed by atoms with Crippen molar-refractivity contribution in [1.29, 1.82) is 0 Å². The highest BCUT2D eigenvalue weighted by molar-refractivity contribution is 5.99. The molecule has 0 atom stereocenters. The number of aromatic hydroxyl groups is 1. The van der Waals surface area contributed by atoms with Crippen molar-refractivity contribution >= 4 is 5.78 Å². The summed E-state index contributed by atoms with van der Waals surface area (Å²) in [5.41, 5.74) is 2.26. The molecule has 0 spiro atoms. The summed E-state index contributed by atoms with van der Waals surface area (Å²) in [6, 6.07) is 3.58. The molecule has 76 valence electrons. The van der Waals surface area contributed by atoms with Crippen molar-refractivity contribution in [2.24, 2.45) is 0 Å². The number of benzene rings is 1. The molecule has 1 aromatic rings. The molecule has 0 aliphatic heterocycles. The van der Waals surface area contributed by atoms with Crippen LogP contribution in [0, 0.1) is 13.8 Å². The molecule has 0 amide bonds. The van der Waals surface area contributed by atoms with E-state index in [-0.39, 0.29) is 11.5 Å².